The Morgan fingerprint density at radius 2 is 1.13 bits per heavy atom. The molecule has 2 heterocycles. The van der Waals surface area contributed by atoms with Gasteiger partial charge in [-0.3, -0.25) is 9.97 Å². The number of pyridine rings is 2. The Bertz CT molecular complexity index is 1740. The number of aromatic nitrogens is 2. The standard InChI is InChI=1S/C36H30N2/c1-36(2,3)30-17-20-38-35(23-30)29-14-8-13-28(22-29)31-15-16-32(34-24-37-19-18-33(31)34)27-12-7-11-26(21-27)25-9-5-4-6-10-25/h4-24H,1-3H3. The predicted molar refractivity (Wildman–Crippen MR) is 160 cm³/mol. The molecule has 0 bridgehead atoms. The summed E-state index contributed by atoms with van der Waals surface area (Å²) >= 11 is 0. The van der Waals surface area contributed by atoms with E-state index in [2.05, 4.69) is 135 Å². The molecular formula is C36H30N2. The minimum Gasteiger partial charge on any atom is -0.264 e. The first-order valence-corrected chi connectivity index (χ1v) is 13.1. The van der Waals surface area contributed by atoms with Crippen molar-refractivity contribution in [3.05, 3.63) is 133 Å². The zero-order valence-corrected chi connectivity index (χ0v) is 22.0. The number of hydrogen-bond donors (Lipinski definition) is 0. The average Bonchev–Trinajstić information content (AvgIpc) is 2.97. The zero-order valence-electron chi connectivity index (χ0n) is 22.0. The van der Waals surface area contributed by atoms with Crippen molar-refractivity contribution < 1.29 is 0 Å². The van der Waals surface area contributed by atoms with Crippen LogP contribution in [0.25, 0.3) is 55.4 Å². The van der Waals surface area contributed by atoms with Crippen molar-refractivity contribution in [1.82, 2.24) is 9.97 Å². The highest BCUT2D eigenvalue weighted by Gasteiger charge is 2.15. The van der Waals surface area contributed by atoms with Crippen molar-refractivity contribution in [2.75, 3.05) is 0 Å². The van der Waals surface area contributed by atoms with E-state index in [0.717, 1.165) is 16.6 Å². The van der Waals surface area contributed by atoms with Gasteiger partial charge in [0.05, 0.1) is 5.69 Å². The number of fused-ring (bicyclic) bond motifs is 1. The third kappa shape index (κ3) is 4.62. The van der Waals surface area contributed by atoms with Gasteiger partial charge in [-0.15, -0.1) is 0 Å². The number of rotatable bonds is 4. The van der Waals surface area contributed by atoms with Crippen molar-refractivity contribution in [1.29, 1.82) is 0 Å². The molecule has 0 aliphatic rings. The van der Waals surface area contributed by atoms with E-state index in [4.69, 9.17) is 4.98 Å². The molecule has 2 nitrogen and oxygen atoms in total. The molecule has 0 aliphatic heterocycles. The van der Waals surface area contributed by atoms with Crippen molar-refractivity contribution in [3.63, 3.8) is 0 Å². The third-order valence-corrected chi connectivity index (χ3v) is 7.19. The van der Waals surface area contributed by atoms with Gasteiger partial charge in [-0.2, -0.15) is 0 Å². The van der Waals surface area contributed by atoms with Crippen LogP contribution in [0.4, 0.5) is 0 Å². The van der Waals surface area contributed by atoms with Crippen LogP contribution in [0.1, 0.15) is 26.3 Å². The summed E-state index contributed by atoms with van der Waals surface area (Å²) in [5.74, 6) is 0. The van der Waals surface area contributed by atoms with Gasteiger partial charge in [-0.1, -0.05) is 99.6 Å². The minimum absolute atomic E-state index is 0.0755. The first kappa shape index (κ1) is 23.8. The van der Waals surface area contributed by atoms with Crippen LogP contribution < -0.4 is 0 Å². The van der Waals surface area contributed by atoms with Crippen molar-refractivity contribution >= 4 is 10.8 Å². The fourth-order valence-electron chi connectivity index (χ4n) is 5.09. The van der Waals surface area contributed by atoms with Gasteiger partial charge in [0.15, 0.2) is 0 Å². The molecule has 6 rings (SSSR count). The molecule has 0 saturated carbocycles. The summed E-state index contributed by atoms with van der Waals surface area (Å²) in [4.78, 5) is 9.20. The van der Waals surface area contributed by atoms with Crippen LogP contribution in [-0.2, 0) is 5.41 Å². The second kappa shape index (κ2) is 9.72. The van der Waals surface area contributed by atoms with Crippen LogP contribution in [0.2, 0.25) is 0 Å². The highest BCUT2D eigenvalue weighted by atomic mass is 14.7. The third-order valence-electron chi connectivity index (χ3n) is 7.19. The van der Waals surface area contributed by atoms with Gasteiger partial charge in [-0.25, -0.2) is 0 Å². The fraction of sp³-hybridized carbons (Fsp3) is 0.111. The first-order valence-electron chi connectivity index (χ1n) is 13.1. The van der Waals surface area contributed by atoms with Crippen molar-refractivity contribution in [2.45, 2.75) is 26.2 Å². The summed E-state index contributed by atoms with van der Waals surface area (Å²) in [6.07, 6.45) is 5.79. The lowest BCUT2D eigenvalue weighted by atomic mass is 9.86. The van der Waals surface area contributed by atoms with Gasteiger partial charge in [-0.05, 0) is 80.1 Å². The van der Waals surface area contributed by atoms with E-state index in [-0.39, 0.29) is 5.41 Å². The van der Waals surface area contributed by atoms with E-state index >= 15 is 0 Å². The molecule has 6 aromatic rings. The van der Waals surface area contributed by atoms with Gasteiger partial charge >= 0.3 is 0 Å². The summed E-state index contributed by atoms with van der Waals surface area (Å²) < 4.78 is 0. The van der Waals surface area contributed by atoms with E-state index < -0.39 is 0 Å². The second-order valence-corrected chi connectivity index (χ2v) is 10.8. The van der Waals surface area contributed by atoms with Crippen LogP contribution >= 0.6 is 0 Å². The van der Waals surface area contributed by atoms with E-state index in [1.165, 1.54) is 44.3 Å². The van der Waals surface area contributed by atoms with Crippen LogP contribution in [0.3, 0.4) is 0 Å². The van der Waals surface area contributed by atoms with Gasteiger partial charge in [0, 0.05) is 29.5 Å². The summed E-state index contributed by atoms with van der Waals surface area (Å²) in [6.45, 7) is 6.71. The summed E-state index contributed by atoms with van der Waals surface area (Å²) in [5.41, 5.74) is 10.6. The van der Waals surface area contributed by atoms with Gasteiger partial charge in [0.25, 0.3) is 0 Å². The molecule has 0 atom stereocenters. The SMILES string of the molecule is CC(C)(C)c1ccnc(-c2cccc(-c3ccc(-c4cccc(-c5ccccc5)c4)c4cnccc34)c2)c1. The fourth-order valence-corrected chi connectivity index (χ4v) is 5.09. The lowest BCUT2D eigenvalue weighted by Crippen LogP contribution is -2.11. The van der Waals surface area contributed by atoms with Crippen molar-refractivity contribution in [2.24, 2.45) is 0 Å². The molecule has 2 heteroatoms. The Balaban J connectivity index is 1.45. The van der Waals surface area contributed by atoms with Crippen molar-refractivity contribution in [3.8, 4) is 44.6 Å². The maximum absolute atomic E-state index is 4.70. The molecular weight excluding hydrogens is 460 g/mol. The molecule has 2 aromatic heterocycles. The molecule has 4 aromatic carbocycles. The zero-order chi connectivity index (χ0) is 26.1. The second-order valence-electron chi connectivity index (χ2n) is 10.8. The smallest absolute Gasteiger partial charge is 0.0705 e. The normalized spacial score (nSPS) is 11.6. The van der Waals surface area contributed by atoms with E-state index in [1.807, 2.05) is 18.6 Å². The molecule has 0 saturated heterocycles. The van der Waals surface area contributed by atoms with Crippen LogP contribution in [0, 0.1) is 0 Å². The lowest BCUT2D eigenvalue weighted by Gasteiger charge is -2.19. The Hall–Kier alpha value is -4.56. The highest BCUT2D eigenvalue weighted by Crippen LogP contribution is 2.37. The quantitative estimate of drug-likeness (QED) is 0.246. The Kier molecular flexibility index (Phi) is 6.09. The molecule has 0 amide bonds. The molecule has 0 fully saturated rings. The molecule has 0 N–H and O–H groups in total. The van der Waals surface area contributed by atoms with Crippen LogP contribution in [0.5, 0.6) is 0 Å². The van der Waals surface area contributed by atoms with E-state index in [9.17, 15) is 0 Å². The number of benzene rings is 4. The minimum atomic E-state index is 0.0755. The van der Waals surface area contributed by atoms with Gasteiger partial charge in [0.2, 0.25) is 0 Å². The van der Waals surface area contributed by atoms with Crippen LogP contribution in [-0.4, -0.2) is 9.97 Å². The Morgan fingerprint density at radius 3 is 1.87 bits per heavy atom. The molecule has 0 aliphatic carbocycles. The summed E-state index contributed by atoms with van der Waals surface area (Å²) in [7, 11) is 0. The largest absolute Gasteiger partial charge is 0.264 e. The maximum Gasteiger partial charge on any atom is 0.0705 e. The predicted octanol–water partition coefficient (Wildman–Crippen LogP) is 9.60. The summed E-state index contributed by atoms with van der Waals surface area (Å²) in [6, 6.07) is 38.9. The average molecular weight is 491 g/mol. The van der Waals surface area contributed by atoms with E-state index in [0.29, 0.717) is 0 Å². The molecule has 0 unspecified atom stereocenters. The van der Waals surface area contributed by atoms with Gasteiger partial charge < -0.3 is 0 Å². The first-order chi connectivity index (χ1) is 18.5. The maximum atomic E-state index is 4.70. The van der Waals surface area contributed by atoms with Gasteiger partial charge in [0.1, 0.15) is 0 Å². The molecule has 0 spiro atoms. The molecule has 184 valence electrons. The summed E-state index contributed by atoms with van der Waals surface area (Å²) in [5, 5.41) is 2.34. The van der Waals surface area contributed by atoms with E-state index in [1.54, 1.807) is 0 Å². The molecule has 38 heavy (non-hydrogen) atoms. The highest BCUT2D eigenvalue weighted by molar-refractivity contribution is 6.05. The topological polar surface area (TPSA) is 25.8 Å². The molecule has 0 radical (unpaired) electrons. The number of hydrogen-bond acceptors (Lipinski definition) is 2. The lowest BCUT2D eigenvalue weighted by molar-refractivity contribution is 0.589. The Labute approximate surface area is 224 Å². The van der Waals surface area contributed by atoms with Crippen LogP contribution in [0.15, 0.2) is 128 Å². The monoisotopic (exact) mass is 490 g/mol. The Morgan fingerprint density at radius 1 is 0.500 bits per heavy atom. The number of nitrogens with zero attached hydrogens (tertiary/aromatic N) is 2.